The maximum absolute atomic E-state index is 12.5. The van der Waals surface area contributed by atoms with Crippen LogP contribution in [0.15, 0.2) is 23.1 Å². The first kappa shape index (κ1) is 15.5. The van der Waals surface area contributed by atoms with Crippen molar-refractivity contribution in [1.29, 1.82) is 0 Å². The molecule has 3 N–H and O–H groups in total. The standard InChI is InChI=1S/C13H20N2O3S2/c1-2-18-12-4-3-10(14)9-13(12)20(16,17)15-11-5-7-19-8-6-11/h3-4,9,11,15H,2,5-8,14H2,1H3. The number of nitrogens with two attached hydrogens (primary N) is 1. The fourth-order valence-electron chi connectivity index (χ4n) is 2.11. The highest BCUT2D eigenvalue weighted by molar-refractivity contribution is 7.99. The number of ether oxygens (including phenoxy) is 1. The minimum absolute atomic E-state index is 0.00263. The number of sulfonamides is 1. The molecular formula is C13H20N2O3S2. The van der Waals surface area contributed by atoms with Gasteiger partial charge in [-0.3, -0.25) is 0 Å². The van der Waals surface area contributed by atoms with Gasteiger partial charge in [0.05, 0.1) is 6.61 Å². The van der Waals surface area contributed by atoms with Gasteiger partial charge in [0.1, 0.15) is 10.6 Å². The quantitative estimate of drug-likeness (QED) is 0.810. The van der Waals surface area contributed by atoms with E-state index in [1.165, 1.54) is 6.07 Å². The zero-order chi connectivity index (χ0) is 14.6. The van der Waals surface area contributed by atoms with Crippen LogP contribution in [0.2, 0.25) is 0 Å². The lowest BCUT2D eigenvalue weighted by molar-refractivity contribution is 0.331. The molecule has 112 valence electrons. The van der Waals surface area contributed by atoms with Crippen molar-refractivity contribution in [2.75, 3.05) is 23.8 Å². The molecule has 1 aliphatic rings. The Hall–Kier alpha value is -0.920. The maximum atomic E-state index is 12.5. The molecule has 20 heavy (non-hydrogen) atoms. The number of anilines is 1. The molecule has 5 nitrogen and oxygen atoms in total. The number of hydrogen-bond donors (Lipinski definition) is 2. The van der Waals surface area contributed by atoms with E-state index in [1.54, 1.807) is 12.1 Å². The summed E-state index contributed by atoms with van der Waals surface area (Å²) in [4.78, 5) is 0.123. The average Bonchev–Trinajstić information content (AvgIpc) is 2.41. The first-order valence-corrected chi connectivity index (χ1v) is 9.29. The van der Waals surface area contributed by atoms with E-state index in [0.717, 1.165) is 24.3 Å². The molecule has 0 atom stereocenters. The second kappa shape index (κ2) is 6.69. The van der Waals surface area contributed by atoms with Crippen LogP contribution in [0.3, 0.4) is 0 Å². The van der Waals surface area contributed by atoms with Gasteiger partial charge in [-0.25, -0.2) is 13.1 Å². The maximum Gasteiger partial charge on any atom is 0.244 e. The minimum Gasteiger partial charge on any atom is -0.492 e. The van der Waals surface area contributed by atoms with Crippen molar-refractivity contribution >= 4 is 27.5 Å². The van der Waals surface area contributed by atoms with Crippen molar-refractivity contribution < 1.29 is 13.2 Å². The van der Waals surface area contributed by atoms with Gasteiger partial charge in [0.25, 0.3) is 0 Å². The fraction of sp³-hybridized carbons (Fsp3) is 0.538. The Morgan fingerprint density at radius 3 is 2.75 bits per heavy atom. The number of hydrogen-bond acceptors (Lipinski definition) is 5. The summed E-state index contributed by atoms with van der Waals surface area (Å²) >= 11 is 1.85. The van der Waals surface area contributed by atoms with Gasteiger partial charge in [0, 0.05) is 11.7 Å². The second-order valence-corrected chi connectivity index (χ2v) is 7.55. The summed E-state index contributed by atoms with van der Waals surface area (Å²) in [7, 11) is -3.60. The fourth-order valence-corrected chi connectivity index (χ4v) is 4.70. The van der Waals surface area contributed by atoms with Gasteiger partial charge in [0.15, 0.2) is 0 Å². The Labute approximate surface area is 124 Å². The molecule has 1 aliphatic heterocycles. The molecule has 0 bridgehead atoms. The normalized spacial score (nSPS) is 17.1. The van der Waals surface area contributed by atoms with Crippen molar-refractivity contribution in [1.82, 2.24) is 4.72 Å². The van der Waals surface area contributed by atoms with Gasteiger partial charge in [-0.05, 0) is 49.5 Å². The largest absolute Gasteiger partial charge is 0.492 e. The molecule has 0 unspecified atom stereocenters. The predicted molar refractivity (Wildman–Crippen MR) is 82.7 cm³/mol. The van der Waals surface area contributed by atoms with E-state index >= 15 is 0 Å². The van der Waals surface area contributed by atoms with Gasteiger partial charge in [-0.1, -0.05) is 0 Å². The van der Waals surface area contributed by atoms with Crippen LogP contribution in [0.4, 0.5) is 5.69 Å². The van der Waals surface area contributed by atoms with Crippen molar-refractivity contribution in [3.8, 4) is 5.75 Å². The van der Waals surface area contributed by atoms with Crippen LogP contribution in [0.25, 0.3) is 0 Å². The first-order valence-electron chi connectivity index (χ1n) is 6.65. The molecule has 0 saturated carbocycles. The molecule has 7 heteroatoms. The van der Waals surface area contributed by atoms with E-state index in [4.69, 9.17) is 10.5 Å². The molecule has 1 aromatic carbocycles. The third kappa shape index (κ3) is 3.80. The van der Waals surface area contributed by atoms with Crippen LogP contribution < -0.4 is 15.2 Å². The SMILES string of the molecule is CCOc1ccc(N)cc1S(=O)(=O)NC1CCSCC1. The van der Waals surface area contributed by atoms with Gasteiger partial charge < -0.3 is 10.5 Å². The van der Waals surface area contributed by atoms with E-state index in [0.29, 0.717) is 18.0 Å². The molecule has 1 aromatic rings. The molecular weight excluding hydrogens is 296 g/mol. The molecule has 0 spiro atoms. The molecule has 1 heterocycles. The molecule has 0 aromatic heterocycles. The summed E-state index contributed by atoms with van der Waals surface area (Å²) in [5.74, 6) is 2.32. The van der Waals surface area contributed by atoms with E-state index in [1.807, 2.05) is 18.7 Å². The Morgan fingerprint density at radius 1 is 1.40 bits per heavy atom. The van der Waals surface area contributed by atoms with Crippen molar-refractivity contribution in [2.24, 2.45) is 0 Å². The summed E-state index contributed by atoms with van der Waals surface area (Å²) < 4.78 is 33.1. The van der Waals surface area contributed by atoms with E-state index < -0.39 is 10.0 Å². The van der Waals surface area contributed by atoms with Crippen LogP contribution in [0.5, 0.6) is 5.75 Å². The molecule has 1 fully saturated rings. The third-order valence-electron chi connectivity index (χ3n) is 3.10. The number of nitrogen functional groups attached to an aromatic ring is 1. The number of benzene rings is 1. The molecule has 0 amide bonds. The predicted octanol–water partition coefficient (Wildman–Crippen LogP) is 1.84. The highest BCUT2D eigenvalue weighted by Gasteiger charge is 2.25. The lowest BCUT2D eigenvalue weighted by atomic mass is 10.2. The topological polar surface area (TPSA) is 81.4 Å². The van der Waals surface area contributed by atoms with Crippen LogP contribution in [-0.2, 0) is 10.0 Å². The van der Waals surface area contributed by atoms with Gasteiger partial charge in [-0.2, -0.15) is 11.8 Å². The van der Waals surface area contributed by atoms with E-state index in [2.05, 4.69) is 4.72 Å². The Balaban J connectivity index is 2.25. The minimum atomic E-state index is -3.60. The van der Waals surface area contributed by atoms with Crippen molar-refractivity contribution in [3.05, 3.63) is 18.2 Å². The van der Waals surface area contributed by atoms with Crippen LogP contribution in [0.1, 0.15) is 19.8 Å². The molecule has 0 aliphatic carbocycles. The Bertz CT molecular complexity index is 555. The second-order valence-electron chi connectivity index (χ2n) is 4.65. The Kier molecular flexibility index (Phi) is 5.17. The molecule has 1 saturated heterocycles. The summed E-state index contributed by atoms with van der Waals surface area (Å²) in [5, 5.41) is 0. The lowest BCUT2D eigenvalue weighted by Gasteiger charge is -2.23. The summed E-state index contributed by atoms with van der Waals surface area (Å²) in [6.07, 6.45) is 1.71. The van der Waals surface area contributed by atoms with Crippen molar-refractivity contribution in [3.63, 3.8) is 0 Å². The highest BCUT2D eigenvalue weighted by atomic mass is 32.2. The summed E-state index contributed by atoms with van der Waals surface area (Å²) in [6, 6.07) is 4.69. The number of nitrogens with one attached hydrogen (secondary N) is 1. The monoisotopic (exact) mass is 316 g/mol. The lowest BCUT2D eigenvalue weighted by Crippen LogP contribution is -2.37. The van der Waals surface area contributed by atoms with Gasteiger partial charge in [-0.15, -0.1) is 0 Å². The zero-order valence-electron chi connectivity index (χ0n) is 11.5. The first-order chi connectivity index (χ1) is 9.53. The van der Waals surface area contributed by atoms with E-state index in [9.17, 15) is 8.42 Å². The Morgan fingerprint density at radius 2 is 2.10 bits per heavy atom. The van der Waals surface area contributed by atoms with Gasteiger partial charge in [0.2, 0.25) is 10.0 Å². The number of thioether (sulfide) groups is 1. The molecule has 0 radical (unpaired) electrons. The van der Waals surface area contributed by atoms with Crippen LogP contribution in [0, 0.1) is 0 Å². The third-order valence-corrected chi connectivity index (χ3v) is 5.69. The smallest absolute Gasteiger partial charge is 0.244 e. The summed E-state index contributed by atoms with van der Waals surface area (Å²) in [5.41, 5.74) is 6.11. The molecule has 2 rings (SSSR count). The van der Waals surface area contributed by atoms with Gasteiger partial charge >= 0.3 is 0 Å². The highest BCUT2D eigenvalue weighted by Crippen LogP contribution is 2.27. The average molecular weight is 316 g/mol. The van der Waals surface area contributed by atoms with E-state index in [-0.39, 0.29) is 10.9 Å². The zero-order valence-corrected chi connectivity index (χ0v) is 13.1. The van der Waals surface area contributed by atoms with Crippen molar-refractivity contribution in [2.45, 2.75) is 30.7 Å². The number of rotatable bonds is 5. The van der Waals surface area contributed by atoms with Crippen LogP contribution in [-0.4, -0.2) is 32.6 Å². The van der Waals surface area contributed by atoms with Crippen LogP contribution >= 0.6 is 11.8 Å². The summed E-state index contributed by atoms with van der Waals surface area (Å²) in [6.45, 7) is 2.23.